The van der Waals surface area contributed by atoms with Gasteiger partial charge in [0.1, 0.15) is 0 Å². The molecule has 0 aromatic rings. The summed E-state index contributed by atoms with van der Waals surface area (Å²) in [6.45, 7) is 4.74. The van der Waals surface area contributed by atoms with Crippen LogP contribution in [0.3, 0.4) is 0 Å². The van der Waals surface area contributed by atoms with Crippen LogP contribution in [0, 0.1) is 28.6 Å². The van der Waals surface area contributed by atoms with Crippen molar-refractivity contribution in [2.75, 3.05) is 0 Å². The summed E-state index contributed by atoms with van der Waals surface area (Å²) < 4.78 is 0. The zero-order chi connectivity index (χ0) is 20.8. The van der Waals surface area contributed by atoms with E-state index in [0.29, 0.717) is 17.8 Å². The first-order valence-corrected chi connectivity index (χ1v) is 11.2. The largest absolute Gasteiger partial charge is 0.481 e. The van der Waals surface area contributed by atoms with Crippen LogP contribution in [0.1, 0.15) is 78.1 Å². The Hall–Kier alpha value is -1.69. The van der Waals surface area contributed by atoms with E-state index in [0.717, 1.165) is 50.7 Å². The number of aliphatic hydroxyl groups excluding tert-OH is 1. The SMILES string of the molecule is C[C@]12CC[C@H](O)CC1=CC[C@H]1[C@H]2CC[C@]2(C)/C(=N\NC(=O)CCC(=O)O)CC[C@H]12. The second-order valence-corrected chi connectivity index (χ2v) is 10.1. The summed E-state index contributed by atoms with van der Waals surface area (Å²) in [5.41, 5.74) is 5.44. The summed E-state index contributed by atoms with van der Waals surface area (Å²) in [5.74, 6) is 0.620. The van der Waals surface area contributed by atoms with E-state index < -0.39 is 5.97 Å². The van der Waals surface area contributed by atoms with Gasteiger partial charge in [0, 0.05) is 17.5 Å². The zero-order valence-corrected chi connectivity index (χ0v) is 17.6. The molecule has 4 aliphatic carbocycles. The van der Waals surface area contributed by atoms with Crippen LogP contribution < -0.4 is 5.43 Å². The normalized spacial score (nSPS) is 42.4. The lowest BCUT2D eigenvalue weighted by Gasteiger charge is -2.57. The number of nitrogens with one attached hydrogen (secondary N) is 1. The molecule has 4 rings (SSSR count). The zero-order valence-electron chi connectivity index (χ0n) is 17.6. The quantitative estimate of drug-likeness (QED) is 0.494. The van der Waals surface area contributed by atoms with E-state index in [1.54, 1.807) is 0 Å². The third-order valence-corrected chi connectivity index (χ3v) is 8.70. The van der Waals surface area contributed by atoms with Gasteiger partial charge in [-0.2, -0.15) is 5.10 Å². The number of carbonyl (C=O) groups is 2. The molecule has 0 aliphatic heterocycles. The Morgan fingerprint density at radius 3 is 2.62 bits per heavy atom. The fraction of sp³-hybridized carbons (Fsp3) is 0.783. The molecule has 0 saturated heterocycles. The Morgan fingerprint density at radius 2 is 1.86 bits per heavy atom. The lowest BCUT2D eigenvalue weighted by atomic mass is 9.48. The minimum Gasteiger partial charge on any atom is -0.481 e. The summed E-state index contributed by atoms with van der Waals surface area (Å²) in [7, 11) is 0. The topological polar surface area (TPSA) is 99.0 Å². The highest BCUT2D eigenvalue weighted by atomic mass is 16.4. The lowest BCUT2D eigenvalue weighted by Crippen LogP contribution is -2.50. The summed E-state index contributed by atoms with van der Waals surface area (Å²) in [5, 5.41) is 23.3. The Labute approximate surface area is 172 Å². The highest BCUT2D eigenvalue weighted by Crippen LogP contribution is 2.64. The molecule has 0 aromatic carbocycles. The van der Waals surface area contributed by atoms with Crippen LogP contribution in [-0.4, -0.2) is 33.9 Å². The predicted octanol–water partition coefficient (Wildman–Crippen LogP) is 3.65. The van der Waals surface area contributed by atoms with Crippen molar-refractivity contribution < 1.29 is 19.8 Å². The number of amides is 1. The van der Waals surface area contributed by atoms with Gasteiger partial charge in [0.25, 0.3) is 0 Å². The number of carboxylic acid groups (broad SMARTS) is 1. The van der Waals surface area contributed by atoms with Crippen LogP contribution in [0.2, 0.25) is 0 Å². The van der Waals surface area contributed by atoms with Gasteiger partial charge in [-0.3, -0.25) is 9.59 Å². The molecule has 6 atom stereocenters. The Bertz CT molecular complexity index is 760. The van der Waals surface area contributed by atoms with Crippen molar-refractivity contribution >= 4 is 17.6 Å². The molecule has 0 spiro atoms. The van der Waals surface area contributed by atoms with Crippen LogP contribution >= 0.6 is 0 Å². The number of nitrogens with zero attached hydrogens (tertiary/aromatic N) is 1. The van der Waals surface area contributed by atoms with Gasteiger partial charge in [0.2, 0.25) is 5.91 Å². The van der Waals surface area contributed by atoms with Crippen LogP contribution in [0.15, 0.2) is 16.8 Å². The number of hydrazone groups is 1. The predicted molar refractivity (Wildman–Crippen MR) is 110 cm³/mol. The van der Waals surface area contributed by atoms with Crippen molar-refractivity contribution in [1.29, 1.82) is 0 Å². The first-order chi connectivity index (χ1) is 13.7. The van der Waals surface area contributed by atoms with Crippen LogP contribution in [0.25, 0.3) is 0 Å². The molecule has 3 N–H and O–H groups in total. The van der Waals surface area contributed by atoms with Gasteiger partial charge in [-0.15, -0.1) is 0 Å². The number of aliphatic hydroxyl groups is 1. The van der Waals surface area contributed by atoms with Crippen LogP contribution in [-0.2, 0) is 9.59 Å². The van der Waals surface area contributed by atoms with Crippen molar-refractivity contribution in [2.45, 2.75) is 84.2 Å². The maximum atomic E-state index is 11.9. The van der Waals surface area contributed by atoms with Gasteiger partial charge < -0.3 is 10.2 Å². The van der Waals surface area contributed by atoms with Crippen molar-refractivity contribution in [3.8, 4) is 0 Å². The molecule has 0 aromatic heterocycles. The molecule has 1 amide bonds. The third-order valence-electron chi connectivity index (χ3n) is 8.70. The van der Waals surface area contributed by atoms with Gasteiger partial charge in [-0.1, -0.05) is 25.5 Å². The number of allylic oxidation sites excluding steroid dienone is 1. The second kappa shape index (κ2) is 7.53. The molecule has 0 unspecified atom stereocenters. The van der Waals surface area contributed by atoms with Crippen molar-refractivity contribution in [3.05, 3.63) is 11.6 Å². The fourth-order valence-electron chi connectivity index (χ4n) is 7.02. The molecule has 29 heavy (non-hydrogen) atoms. The smallest absolute Gasteiger partial charge is 0.303 e. The lowest BCUT2D eigenvalue weighted by molar-refractivity contribution is -0.138. The van der Waals surface area contributed by atoms with Gasteiger partial charge in [-0.25, -0.2) is 5.43 Å². The monoisotopic (exact) mass is 402 g/mol. The highest BCUT2D eigenvalue weighted by molar-refractivity contribution is 5.93. The summed E-state index contributed by atoms with van der Waals surface area (Å²) in [6, 6.07) is 0. The Morgan fingerprint density at radius 1 is 1.14 bits per heavy atom. The number of hydrogen-bond donors (Lipinski definition) is 3. The maximum absolute atomic E-state index is 11.9. The summed E-state index contributed by atoms with van der Waals surface area (Å²) >= 11 is 0. The summed E-state index contributed by atoms with van der Waals surface area (Å²) in [6.07, 6.45) is 10.3. The number of hydrogen-bond acceptors (Lipinski definition) is 4. The number of carboxylic acids is 1. The Balaban J connectivity index is 1.49. The maximum Gasteiger partial charge on any atom is 0.303 e. The number of carbonyl (C=O) groups excluding carboxylic acids is 1. The van der Waals surface area contributed by atoms with Crippen molar-refractivity contribution in [2.24, 2.45) is 33.7 Å². The van der Waals surface area contributed by atoms with Crippen LogP contribution in [0.5, 0.6) is 0 Å². The molecule has 6 heteroatoms. The molecule has 3 fully saturated rings. The minimum absolute atomic E-state index is 0.0249. The first-order valence-electron chi connectivity index (χ1n) is 11.2. The number of rotatable bonds is 4. The molecule has 160 valence electrons. The third kappa shape index (κ3) is 3.54. The van der Waals surface area contributed by atoms with Gasteiger partial charge in [-0.05, 0) is 74.5 Å². The van der Waals surface area contributed by atoms with E-state index >= 15 is 0 Å². The van der Waals surface area contributed by atoms with Crippen molar-refractivity contribution in [1.82, 2.24) is 5.43 Å². The molecule has 6 nitrogen and oxygen atoms in total. The Kier molecular flexibility index (Phi) is 5.34. The molecule has 0 bridgehead atoms. The first kappa shape index (κ1) is 20.6. The molecule has 0 heterocycles. The average Bonchev–Trinajstić information content (AvgIpc) is 3.01. The van der Waals surface area contributed by atoms with Crippen LogP contribution in [0.4, 0.5) is 0 Å². The van der Waals surface area contributed by atoms with Gasteiger partial charge >= 0.3 is 5.97 Å². The summed E-state index contributed by atoms with van der Waals surface area (Å²) in [4.78, 5) is 22.6. The standard InChI is InChI=1S/C23H34N2O4/c1-22-11-9-15(26)13-14(22)3-4-16-17-5-6-19(23(17,2)12-10-18(16)22)24-25-20(27)7-8-21(28)29/h3,15-18,26H,4-13H2,1-2H3,(H,25,27)(H,28,29)/b24-19-/t15-,16+,17+,18+,22-,23-/m0/s1. The van der Waals surface area contributed by atoms with Gasteiger partial charge in [0.05, 0.1) is 12.5 Å². The van der Waals surface area contributed by atoms with E-state index in [4.69, 9.17) is 5.11 Å². The van der Waals surface area contributed by atoms with E-state index in [9.17, 15) is 14.7 Å². The minimum atomic E-state index is -0.965. The number of aliphatic carboxylic acids is 1. The van der Waals surface area contributed by atoms with E-state index in [1.807, 2.05) is 0 Å². The molecule has 3 saturated carbocycles. The molecule has 0 radical (unpaired) electrons. The van der Waals surface area contributed by atoms with Crippen molar-refractivity contribution in [3.63, 3.8) is 0 Å². The average molecular weight is 403 g/mol. The fourth-order valence-corrected chi connectivity index (χ4v) is 7.02. The molecular formula is C23H34N2O4. The van der Waals surface area contributed by atoms with Gasteiger partial charge in [0.15, 0.2) is 0 Å². The molecular weight excluding hydrogens is 368 g/mol. The van der Waals surface area contributed by atoms with E-state index in [-0.39, 0.29) is 35.7 Å². The molecule has 4 aliphatic rings. The second-order valence-electron chi connectivity index (χ2n) is 10.1. The van der Waals surface area contributed by atoms with E-state index in [1.165, 1.54) is 12.0 Å². The van der Waals surface area contributed by atoms with E-state index in [2.05, 4.69) is 30.5 Å². The number of fused-ring (bicyclic) bond motifs is 5. The highest BCUT2D eigenvalue weighted by Gasteiger charge is 2.57.